The van der Waals surface area contributed by atoms with Gasteiger partial charge in [-0.25, -0.2) is 4.99 Å². The number of nitrogens with zero attached hydrogens (tertiary/aromatic N) is 3. The minimum atomic E-state index is -1.37. The number of pyridine rings is 1. The number of benzodiazepines with no additional fused rings is 1. The number of nitrogens with one attached hydrogen (secondary N) is 2. The Morgan fingerprint density at radius 2 is 1.70 bits per heavy atom. The summed E-state index contributed by atoms with van der Waals surface area (Å²) in [6, 6.07) is 18.6. The molecule has 0 radical (unpaired) electrons. The van der Waals surface area contributed by atoms with Crippen molar-refractivity contribution >= 4 is 34.9 Å². The lowest BCUT2D eigenvalue weighted by molar-refractivity contribution is -0.131. The van der Waals surface area contributed by atoms with Gasteiger partial charge < -0.3 is 20.3 Å². The number of Topliss-reactive ketones (excluding diaryl/α,β-unsaturated/α-hetero) is 1. The lowest BCUT2D eigenvalue weighted by Gasteiger charge is -2.28. The monoisotopic (exact) mass is 583 g/mol. The molecule has 2 heterocycles. The molecule has 1 aromatic heterocycles. The summed E-state index contributed by atoms with van der Waals surface area (Å²) >= 11 is 0. The Morgan fingerprint density at radius 3 is 2.35 bits per heavy atom. The number of amides is 3. The quantitative estimate of drug-likeness (QED) is 0.376. The first-order valence-corrected chi connectivity index (χ1v) is 14.2. The number of anilines is 1. The van der Waals surface area contributed by atoms with E-state index in [9.17, 15) is 19.2 Å². The van der Waals surface area contributed by atoms with Crippen LogP contribution in [0.1, 0.15) is 51.4 Å². The third-order valence-electron chi connectivity index (χ3n) is 6.90. The van der Waals surface area contributed by atoms with Crippen LogP contribution >= 0.6 is 0 Å². The summed E-state index contributed by atoms with van der Waals surface area (Å²) in [6.45, 7) is 9.13. The Labute approximate surface area is 251 Å². The smallest absolute Gasteiger partial charge is 0.272 e. The molecule has 2 atom stereocenters. The summed E-state index contributed by atoms with van der Waals surface area (Å²) in [4.78, 5) is 63.6. The van der Waals surface area contributed by atoms with E-state index in [1.165, 1.54) is 11.8 Å². The zero-order valence-corrected chi connectivity index (χ0v) is 25.1. The van der Waals surface area contributed by atoms with Crippen molar-refractivity contribution in [3.63, 3.8) is 0 Å². The Morgan fingerprint density at radius 1 is 1.00 bits per heavy atom. The molecule has 0 aliphatic carbocycles. The molecule has 10 nitrogen and oxygen atoms in total. The van der Waals surface area contributed by atoms with Crippen molar-refractivity contribution in [2.75, 3.05) is 18.1 Å². The van der Waals surface area contributed by atoms with Gasteiger partial charge in [0.05, 0.1) is 36.7 Å². The molecule has 1 unspecified atom stereocenters. The first-order chi connectivity index (χ1) is 20.5. The van der Waals surface area contributed by atoms with Crippen molar-refractivity contribution in [3.8, 4) is 5.75 Å². The van der Waals surface area contributed by atoms with Crippen molar-refractivity contribution in [2.24, 2.45) is 10.4 Å². The fourth-order valence-electron chi connectivity index (χ4n) is 4.45. The predicted molar refractivity (Wildman–Crippen MR) is 164 cm³/mol. The summed E-state index contributed by atoms with van der Waals surface area (Å²) < 4.78 is 5.44. The van der Waals surface area contributed by atoms with E-state index in [2.05, 4.69) is 20.6 Å². The van der Waals surface area contributed by atoms with Crippen LogP contribution in [0.15, 0.2) is 77.9 Å². The average molecular weight is 584 g/mol. The van der Waals surface area contributed by atoms with Crippen LogP contribution in [0.4, 0.5) is 5.69 Å². The predicted octanol–water partition coefficient (Wildman–Crippen LogP) is 3.47. The van der Waals surface area contributed by atoms with Crippen LogP contribution in [0.2, 0.25) is 0 Å². The second-order valence-corrected chi connectivity index (χ2v) is 11.3. The van der Waals surface area contributed by atoms with Crippen molar-refractivity contribution in [1.29, 1.82) is 0 Å². The fourth-order valence-corrected chi connectivity index (χ4v) is 4.45. The lowest BCUT2D eigenvalue weighted by Crippen LogP contribution is -2.54. The van der Waals surface area contributed by atoms with E-state index in [0.717, 1.165) is 5.56 Å². The highest BCUT2D eigenvalue weighted by atomic mass is 16.5. The molecule has 3 aromatic rings. The van der Waals surface area contributed by atoms with Gasteiger partial charge in [0.2, 0.25) is 18.0 Å². The van der Waals surface area contributed by atoms with Crippen LogP contribution in [0.25, 0.3) is 0 Å². The van der Waals surface area contributed by atoms with Gasteiger partial charge >= 0.3 is 0 Å². The van der Waals surface area contributed by atoms with Gasteiger partial charge in [0, 0.05) is 17.2 Å². The van der Waals surface area contributed by atoms with E-state index in [-0.39, 0.29) is 24.7 Å². The molecule has 0 spiro atoms. The van der Waals surface area contributed by atoms with Gasteiger partial charge in [-0.05, 0) is 49.7 Å². The lowest BCUT2D eigenvalue weighted by atomic mass is 9.90. The van der Waals surface area contributed by atoms with Crippen molar-refractivity contribution in [2.45, 2.75) is 53.2 Å². The average Bonchev–Trinajstić information content (AvgIpc) is 3.09. The number of para-hydroxylation sites is 1. The van der Waals surface area contributed by atoms with E-state index < -0.39 is 29.4 Å². The molecule has 2 aromatic carbocycles. The number of ketones is 1. The Balaban J connectivity index is 1.58. The normalized spacial score (nSPS) is 15.5. The van der Waals surface area contributed by atoms with Gasteiger partial charge in [0.25, 0.3) is 5.91 Å². The number of carbonyl (C=O) groups is 4. The third-order valence-corrected chi connectivity index (χ3v) is 6.90. The SMILES string of the molecule is CCOc1ccc(CC(=O)N[C@@H](C)C(=O)NC2N=C(c3ccccn3)c3ccccc3N(CC(=O)C(C)(C)C)C2=O)cc1. The number of ether oxygens (including phenoxy) is 1. The van der Waals surface area contributed by atoms with Crippen molar-refractivity contribution < 1.29 is 23.9 Å². The van der Waals surface area contributed by atoms with E-state index >= 15 is 0 Å². The van der Waals surface area contributed by atoms with Gasteiger partial charge in [-0.3, -0.25) is 24.2 Å². The summed E-state index contributed by atoms with van der Waals surface area (Å²) in [5, 5.41) is 5.38. The van der Waals surface area contributed by atoms with Crippen molar-refractivity contribution in [3.05, 3.63) is 89.7 Å². The zero-order chi connectivity index (χ0) is 31.1. The molecule has 0 bridgehead atoms. The molecule has 224 valence electrons. The first-order valence-electron chi connectivity index (χ1n) is 14.2. The second-order valence-electron chi connectivity index (χ2n) is 11.3. The van der Waals surface area contributed by atoms with E-state index in [1.54, 1.807) is 87.6 Å². The number of aliphatic imine (C=N–C) groups is 1. The zero-order valence-electron chi connectivity index (χ0n) is 25.1. The van der Waals surface area contributed by atoms with Crippen LogP contribution in [0, 0.1) is 5.41 Å². The second kappa shape index (κ2) is 13.4. The van der Waals surface area contributed by atoms with Crippen LogP contribution in [0.3, 0.4) is 0 Å². The number of fused-ring (bicyclic) bond motifs is 1. The van der Waals surface area contributed by atoms with Gasteiger partial charge in [-0.2, -0.15) is 0 Å². The van der Waals surface area contributed by atoms with E-state index in [4.69, 9.17) is 4.74 Å². The number of benzene rings is 2. The number of aromatic nitrogens is 1. The summed E-state index contributed by atoms with van der Waals surface area (Å²) in [5.41, 5.74) is 2.05. The van der Waals surface area contributed by atoms with Crippen LogP contribution in [-0.4, -0.2) is 59.6 Å². The number of hydrogen-bond acceptors (Lipinski definition) is 7. The fraction of sp³-hybridized carbons (Fsp3) is 0.333. The molecule has 1 aliphatic heterocycles. The molecular weight excluding hydrogens is 546 g/mol. The summed E-state index contributed by atoms with van der Waals surface area (Å²) in [5.74, 6) is -0.982. The minimum Gasteiger partial charge on any atom is -0.494 e. The molecule has 3 amide bonds. The minimum absolute atomic E-state index is 0.0619. The summed E-state index contributed by atoms with van der Waals surface area (Å²) in [6.07, 6.45) is 0.311. The van der Waals surface area contributed by atoms with E-state index in [1.807, 2.05) is 13.0 Å². The molecule has 1 aliphatic rings. The van der Waals surface area contributed by atoms with Crippen LogP contribution in [-0.2, 0) is 25.6 Å². The maximum absolute atomic E-state index is 14.0. The first kappa shape index (κ1) is 31.1. The summed E-state index contributed by atoms with van der Waals surface area (Å²) in [7, 11) is 0. The Bertz CT molecular complexity index is 1510. The standard InChI is InChI=1S/C33H37N5O5/c1-6-43-23-16-14-22(15-17-23)19-28(40)35-21(2)31(41)37-30-32(42)38(20-27(39)33(3,4)5)26-13-8-7-11-24(26)29(36-30)25-12-9-10-18-34-25/h7-18,21,30H,6,19-20H2,1-5H3,(H,35,40)(H,37,41)/t21-,30?/m0/s1. The Kier molecular flexibility index (Phi) is 9.70. The number of hydrogen-bond donors (Lipinski definition) is 2. The highest BCUT2D eigenvalue weighted by Crippen LogP contribution is 2.29. The maximum Gasteiger partial charge on any atom is 0.272 e. The maximum atomic E-state index is 14.0. The highest BCUT2D eigenvalue weighted by molar-refractivity contribution is 6.20. The number of rotatable bonds is 10. The molecule has 10 heteroatoms. The van der Waals surface area contributed by atoms with Gasteiger partial charge in [-0.1, -0.05) is 57.2 Å². The molecule has 4 rings (SSSR count). The molecular formula is C33H37N5O5. The van der Waals surface area contributed by atoms with Gasteiger partial charge in [-0.15, -0.1) is 0 Å². The van der Waals surface area contributed by atoms with E-state index in [0.29, 0.717) is 35.0 Å². The molecule has 2 N–H and O–H groups in total. The molecule has 0 saturated heterocycles. The van der Waals surface area contributed by atoms with Crippen molar-refractivity contribution in [1.82, 2.24) is 15.6 Å². The van der Waals surface area contributed by atoms with Gasteiger partial charge in [0.1, 0.15) is 11.8 Å². The molecule has 43 heavy (non-hydrogen) atoms. The highest BCUT2D eigenvalue weighted by Gasteiger charge is 2.36. The number of carbonyl (C=O) groups excluding carboxylic acids is 4. The third kappa shape index (κ3) is 7.71. The van der Waals surface area contributed by atoms with Gasteiger partial charge in [0.15, 0.2) is 5.78 Å². The Hall–Kier alpha value is -4.86. The topological polar surface area (TPSA) is 130 Å². The van der Waals surface area contributed by atoms with Crippen LogP contribution in [0.5, 0.6) is 5.75 Å². The van der Waals surface area contributed by atoms with Crippen LogP contribution < -0.4 is 20.3 Å². The largest absolute Gasteiger partial charge is 0.494 e. The molecule has 0 saturated carbocycles. The molecule has 0 fully saturated rings.